The van der Waals surface area contributed by atoms with Gasteiger partial charge in [0.1, 0.15) is 4.90 Å². The van der Waals surface area contributed by atoms with Gasteiger partial charge in [-0.3, -0.25) is 9.40 Å². The topological polar surface area (TPSA) is 102 Å². The minimum Gasteiger partial charge on any atom is -0.354 e. The summed E-state index contributed by atoms with van der Waals surface area (Å²) in [6.45, 7) is 2.75. The van der Waals surface area contributed by atoms with Crippen LogP contribution in [0, 0.1) is 0 Å². The first-order valence-corrected chi connectivity index (χ1v) is 7.58. The zero-order valence-electron chi connectivity index (χ0n) is 11.2. The summed E-state index contributed by atoms with van der Waals surface area (Å²) in [7, 11) is -2.01. The molecule has 2 aromatic rings. The number of nitrogens with one attached hydrogen (secondary N) is 2. The first kappa shape index (κ1) is 14.3. The maximum atomic E-state index is 12.1. The van der Waals surface area contributed by atoms with Gasteiger partial charge in [-0.25, -0.2) is 18.4 Å². The van der Waals surface area contributed by atoms with Crippen molar-refractivity contribution >= 4 is 21.8 Å². The van der Waals surface area contributed by atoms with Gasteiger partial charge < -0.3 is 5.32 Å². The van der Waals surface area contributed by atoms with Crippen molar-refractivity contribution < 1.29 is 8.42 Å². The molecule has 0 saturated carbocycles. The molecular weight excluding hydrogens is 280 g/mol. The van der Waals surface area contributed by atoms with Crippen LogP contribution in [-0.2, 0) is 17.1 Å². The Balaban J connectivity index is 2.13. The normalized spacial score (nSPS) is 11.3. The standard InChI is InChI=1S/C11H16N6O2S/c1-3-5-12-11-13-7-9(8-14-11)20(18,19)16-10-4-6-17(2)15-10/h4,6-8H,3,5H2,1-2H3,(H,15,16)(H,12,13,14). The maximum absolute atomic E-state index is 12.1. The highest BCUT2D eigenvalue weighted by atomic mass is 32.2. The maximum Gasteiger partial charge on any atom is 0.266 e. The Bertz CT molecular complexity index is 664. The lowest BCUT2D eigenvalue weighted by molar-refractivity contribution is 0.600. The van der Waals surface area contributed by atoms with Crippen molar-refractivity contribution in [3.8, 4) is 0 Å². The first-order chi connectivity index (χ1) is 9.51. The minimum atomic E-state index is -3.72. The van der Waals surface area contributed by atoms with Crippen molar-refractivity contribution in [1.82, 2.24) is 19.7 Å². The van der Waals surface area contributed by atoms with Gasteiger partial charge in [-0.05, 0) is 6.42 Å². The predicted molar refractivity (Wildman–Crippen MR) is 74.8 cm³/mol. The van der Waals surface area contributed by atoms with Crippen LogP contribution in [0.15, 0.2) is 29.6 Å². The SMILES string of the molecule is CCCNc1ncc(S(=O)(=O)Nc2ccn(C)n2)cn1. The van der Waals surface area contributed by atoms with E-state index < -0.39 is 10.0 Å². The van der Waals surface area contributed by atoms with Gasteiger partial charge in [0.05, 0.1) is 12.4 Å². The molecule has 0 amide bonds. The van der Waals surface area contributed by atoms with Gasteiger partial charge in [0.25, 0.3) is 10.0 Å². The number of nitrogens with zero attached hydrogens (tertiary/aromatic N) is 4. The van der Waals surface area contributed by atoms with E-state index in [1.165, 1.54) is 17.1 Å². The Morgan fingerprint density at radius 1 is 1.30 bits per heavy atom. The molecule has 2 N–H and O–H groups in total. The van der Waals surface area contributed by atoms with Crippen LogP contribution in [0.2, 0.25) is 0 Å². The second kappa shape index (κ2) is 5.87. The third kappa shape index (κ3) is 3.44. The molecule has 9 heteroatoms. The van der Waals surface area contributed by atoms with Gasteiger partial charge in [0.15, 0.2) is 5.82 Å². The zero-order chi connectivity index (χ0) is 14.6. The highest BCUT2D eigenvalue weighted by molar-refractivity contribution is 7.92. The highest BCUT2D eigenvalue weighted by Crippen LogP contribution is 2.13. The largest absolute Gasteiger partial charge is 0.354 e. The summed E-state index contributed by atoms with van der Waals surface area (Å²) >= 11 is 0. The molecule has 0 aliphatic rings. The molecule has 0 atom stereocenters. The summed E-state index contributed by atoms with van der Waals surface area (Å²) in [5.74, 6) is 0.657. The van der Waals surface area contributed by atoms with E-state index in [9.17, 15) is 8.42 Å². The summed E-state index contributed by atoms with van der Waals surface area (Å²) in [4.78, 5) is 7.92. The molecule has 0 aromatic carbocycles. The Hall–Kier alpha value is -2.16. The van der Waals surface area contributed by atoms with Gasteiger partial charge in [-0.15, -0.1) is 0 Å². The summed E-state index contributed by atoms with van der Waals surface area (Å²) in [6, 6.07) is 1.57. The van der Waals surface area contributed by atoms with Crippen molar-refractivity contribution in [2.45, 2.75) is 18.2 Å². The van der Waals surface area contributed by atoms with Gasteiger partial charge >= 0.3 is 0 Å². The van der Waals surface area contributed by atoms with Crippen LogP contribution in [0.5, 0.6) is 0 Å². The van der Waals surface area contributed by atoms with Gasteiger partial charge in [0.2, 0.25) is 5.95 Å². The number of hydrogen-bond acceptors (Lipinski definition) is 6. The molecule has 0 unspecified atom stereocenters. The molecule has 0 bridgehead atoms. The third-order valence-corrected chi connectivity index (χ3v) is 3.73. The van der Waals surface area contributed by atoms with Gasteiger partial charge in [0, 0.05) is 25.9 Å². The van der Waals surface area contributed by atoms with E-state index in [-0.39, 0.29) is 10.7 Å². The fourth-order valence-corrected chi connectivity index (χ4v) is 2.33. The van der Waals surface area contributed by atoms with E-state index in [4.69, 9.17) is 0 Å². The molecule has 2 aromatic heterocycles. The van der Waals surface area contributed by atoms with Crippen molar-refractivity contribution in [2.24, 2.45) is 7.05 Å². The highest BCUT2D eigenvalue weighted by Gasteiger charge is 2.16. The Kier molecular flexibility index (Phi) is 4.18. The lowest BCUT2D eigenvalue weighted by atomic mass is 10.5. The molecule has 0 spiro atoms. The van der Waals surface area contributed by atoms with Gasteiger partial charge in [-0.1, -0.05) is 6.92 Å². The zero-order valence-corrected chi connectivity index (χ0v) is 12.1. The first-order valence-electron chi connectivity index (χ1n) is 6.09. The van der Waals surface area contributed by atoms with Crippen molar-refractivity contribution in [1.29, 1.82) is 0 Å². The number of aromatic nitrogens is 4. The van der Waals surface area contributed by atoms with E-state index in [1.54, 1.807) is 19.3 Å². The van der Waals surface area contributed by atoms with E-state index >= 15 is 0 Å². The summed E-state index contributed by atoms with van der Waals surface area (Å²) in [6.07, 6.45) is 5.10. The van der Waals surface area contributed by atoms with Crippen LogP contribution < -0.4 is 10.0 Å². The van der Waals surface area contributed by atoms with E-state index in [1.807, 2.05) is 6.92 Å². The molecule has 20 heavy (non-hydrogen) atoms. The lowest BCUT2D eigenvalue weighted by Crippen LogP contribution is -2.15. The second-order valence-corrected chi connectivity index (χ2v) is 5.83. The average molecular weight is 296 g/mol. The summed E-state index contributed by atoms with van der Waals surface area (Å²) in [5, 5.41) is 6.93. The fourth-order valence-electron chi connectivity index (χ4n) is 1.45. The molecule has 108 valence electrons. The van der Waals surface area contributed by atoms with E-state index in [0.29, 0.717) is 5.95 Å². The van der Waals surface area contributed by atoms with Gasteiger partial charge in [-0.2, -0.15) is 5.10 Å². The summed E-state index contributed by atoms with van der Waals surface area (Å²) < 4.78 is 28.0. The lowest BCUT2D eigenvalue weighted by Gasteiger charge is -2.06. The molecule has 2 rings (SSSR count). The second-order valence-electron chi connectivity index (χ2n) is 4.15. The number of aryl methyl sites for hydroxylation is 1. The molecular formula is C11H16N6O2S. The van der Waals surface area contributed by atoms with E-state index in [2.05, 4.69) is 25.1 Å². The average Bonchev–Trinajstić information content (AvgIpc) is 2.81. The number of hydrogen-bond donors (Lipinski definition) is 2. The van der Waals surface area contributed by atoms with Crippen molar-refractivity contribution in [3.05, 3.63) is 24.7 Å². The fraction of sp³-hybridized carbons (Fsp3) is 0.364. The molecule has 8 nitrogen and oxygen atoms in total. The molecule has 0 fully saturated rings. The number of anilines is 2. The van der Waals surface area contributed by atoms with Crippen LogP contribution in [0.4, 0.5) is 11.8 Å². The molecule has 2 heterocycles. The molecule has 0 saturated heterocycles. The van der Waals surface area contributed by atoms with Crippen LogP contribution in [0.1, 0.15) is 13.3 Å². The minimum absolute atomic E-state index is 0.00907. The molecule has 0 radical (unpaired) electrons. The Morgan fingerprint density at radius 3 is 2.55 bits per heavy atom. The van der Waals surface area contributed by atoms with Crippen LogP contribution >= 0.6 is 0 Å². The quantitative estimate of drug-likeness (QED) is 0.818. The van der Waals surface area contributed by atoms with Crippen LogP contribution in [0.25, 0.3) is 0 Å². The molecule has 0 aliphatic carbocycles. The number of sulfonamides is 1. The molecule has 0 aliphatic heterocycles. The third-order valence-electron chi connectivity index (χ3n) is 2.42. The smallest absolute Gasteiger partial charge is 0.266 e. The van der Waals surface area contributed by atoms with E-state index in [0.717, 1.165) is 13.0 Å². The monoisotopic (exact) mass is 296 g/mol. The Morgan fingerprint density at radius 2 is 2.00 bits per heavy atom. The Labute approximate surface area is 117 Å². The van der Waals surface area contributed by atoms with Crippen LogP contribution in [-0.4, -0.2) is 34.7 Å². The van der Waals surface area contributed by atoms with Crippen molar-refractivity contribution in [3.63, 3.8) is 0 Å². The predicted octanol–water partition coefficient (Wildman–Crippen LogP) is 0.833. The van der Waals surface area contributed by atoms with Crippen LogP contribution in [0.3, 0.4) is 0 Å². The number of rotatable bonds is 6. The summed E-state index contributed by atoms with van der Waals surface area (Å²) in [5.41, 5.74) is 0. The van der Waals surface area contributed by atoms with Crippen molar-refractivity contribution in [2.75, 3.05) is 16.6 Å².